The first-order valence-electron chi connectivity index (χ1n) is 8.70. The number of hydrogen-bond donors (Lipinski definition) is 2. The van der Waals surface area contributed by atoms with Crippen LogP contribution in [-0.4, -0.2) is 34.9 Å². The van der Waals surface area contributed by atoms with E-state index in [1.165, 1.54) is 0 Å². The van der Waals surface area contributed by atoms with Crippen molar-refractivity contribution < 1.29 is 9.18 Å². The lowest BCUT2D eigenvalue weighted by atomic mass is 9.76. The van der Waals surface area contributed by atoms with Crippen molar-refractivity contribution in [2.24, 2.45) is 5.73 Å². The minimum atomic E-state index is -0.822. The molecule has 26 heavy (non-hydrogen) atoms. The fourth-order valence-electron chi connectivity index (χ4n) is 3.75. The van der Waals surface area contributed by atoms with Gasteiger partial charge in [0.05, 0.1) is 11.3 Å². The number of primary amides is 1. The van der Waals surface area contributed by atoms with E-state index in [0.717, 1.165) is 23.2 Å². The van der Waals surface area contributed by atoms with E-state index in [9.17, 15) is 9.18 Å². The number of benzene rings is 2. The number of nitrogens with zero attached hydrogens (tertiary/aromatic N) is 2. The largest absolute Gasteiger partial charge is 0.366 e. The fourth-order valence-corrected chi connectivity index (χ4v) is 3.75. The number of nitrogens with two attached hydrogens (primary N) is 1. The zero-order valence-electron chi connectivity index (χ0n) is 14.6. The Hall–Kier alpha value is -2.73. The molecule has 2 aromatic carbocycles. The number of rotatable bonds is 3. The van der Waals surface area contributed by atoms with Crippen molar-refractivity contribution in [2.45, 2.75) is 24.9 Å². The van der Waals surface area contributed by atoms with Crippen LogP contribution in [0.1, 0.15) is 29.3 Å². The maximum atomic E-state index is 13.8. The SMILES string of the molecule is CC1(c2ccc(-n3cc4cccc(C(N)=O)c4n3)cc2)CNCC(F)C1. The van der Waals surface area contributed by atoms with Crippen molar-refractivity contribution >= 4 is 16.8 Å². The molecule has 1 aliphatic rings. The molecule has 2 heterocycles. The van der Waals surface area contributed by atoms with Gasteiger partial charge in [-0.25, -0.2) is 9.07 Å². The van der Waals surface area contributed by atoms with Gasteiger partial charge in [0, 0.05) is 30.1 Å². The number of aromatic nitrogens is 2. The second-order valence-electron chi connectivity index (χ2n) is 7.22. The molecule has 1 fully saturated rings. The van der Waals surface area contributed by atoms with E-state index in [4.69, 9.17) is 5.73 Å². The monoisotopic (exact) mass is 352 g/mol. The van der Waals surface area contributed by atoms with Gasteiger partial charge in [-0.3, -0.25) is 4.79 Å². The average molecular weight is 352 g/mol. The number of halogens is 1. The van der Waals surface area contributed by atoms with Crippen molar-refractivity contribution in [2.75, 3.05) is 13.1 Å². The summed E-state index contributed by atoms with van der Waals surface area (Å²) in [5, 5.41) is 8.54. The third-order valence-electron chi connectivity index (χ3n) is 5.18. The normalized spacial score (nSPS) is 23.2. The molecule has 0 saturated carbocycles. The number of amides is 1. The molecular formula is C20H21FN4O. The molecule has 134 valence electrons. The van der Waals surface area contributed by atoms with Crippen LogP contribution < -0.4 is 11.1 Å². The van der Waals surface area contributed by atoms with Gasteiger partial charge in [-0.15, -0.1) is 0 Å². The van der Waals surface area contributed by atoms with Crippen LogP contribution in [0.4, 0.5) is 4.39 Å². The lowest BCUT2D eigenvalue weighted by Gasteiger charge is -2.36. The van der Waals surface area contributed by atoms with Crippen molar-refractivity contribution in [1.82, 2.24) is 15.1 Å². The number of piperidine rings is 1. The minimum absolute atomic E-state index is 0.218. The topological polar surface area (TPSA) is 72.9 Å². The summed E-state index contributed by atoms with van der Waals surface area (Å²) in [5.74, 6) is -0.491. The Morgan fingerprint density at radius 2 is 2.08 bits per heavy atom. The molecular weight excluding hydrogens is 331 g/mol. The molecule has 1 saturated heterocycles. The molecule has 1 aromatic heterocycles. The molecule has 2 unspecified atom stereocenters. The van der Waals surface area contributed by atoms with Gasteiger partial charge in [-0.1, -0.05) is 31.2 Å². The van der Waals surface area contributed by atoms with Gasteiger partial charge >= 0.3 is 0 Å². The highest BCUT2D eigenvalue weighted by molar-refractivity contribution is 6.04. The van der Waals surface area contributed by atoms with Gasteiger partial charge in [0.2, 0.25) is 0 Å². The highest BCUT2D eigenvalue weighted by atomic mass is 19.1. The Morgan fingerprint density at radius 3 is 2.77 bits per heavy atom. The number of fused-ring (bicyclic) bond motifs is 1. The van der Waals surface area contributed by atoms with E-state index in [1.807, 2.05) is 36.5 Å². The average Bonchev–Trinajstić information content (AvgIpc) is 3.05. The fraction of sp³-hybridized carbons (Fsp3) is 0.300. The summed E-state index contributed by atoms with van der Waals surface area (Å²) in [6.45, 7) is 3.28. The van der Waals surface area contributed by atoms with Crippen LogP contribution in [0.5, 0.6) is 0 Å². The van der Waals surface area contributed by atoms with E-state index in [2.05, 4.69) is 17.3 Å². The second-order valence-corrected chi connectivity index (χ2v) is 7.22. The summed E-state index contributed by atoms with van der Waals surface area (Å²) in [4.78, 5) is 11.6. The maximum absolute atomic E-state index is 13.8. The van der Waals surface area contributed by atoms with Crippen molar-refractivity contribution in [1.29, 1.82) is 0 Å². The lowest BCUT2D eigenvalue weighted by Crippen LogP contribution is -2.46. The van der Waals surface area contributed by atoms with Crippen LogP contribution in [-0.2, 0) is 5.41 Å². The van der Waals surface area contributed by atoms with Crippen LogP contribution in [0, 0.1) is 0 Å². The molecule has 1 aliphatic heterocycles. The van der Waals surface area contributed by atoms with Crippen molar-refractivity contribution in [3.05, 3.63) is 59.8 Å². The van der Waals surface area contributed by atoms with Gasteiger partial charge in [0.15, 0.2) is 0 Å². The molecule has 1 amide bonds. The van der Waals surface area contributed by atoms with Crippen LogP contribution >= 0.6 is 0 Å². The first kappa shape index (κ1) is 16.7. The molecule has 3 N–H and O–H groups in total. The van der Waals surface area contributed by atoms with E-state index in [1.54, 1.807) is 16.8 Å². The second kappa shape index (κ2) is 6.21. The van der Waals surface area contributed by atoms with Crippen LogP contribution in [0.2, 0.25) is 0 Å². The lowest BCUT2D eigenvalue weighted by molar-refractivity contribution is 0.100. The Balaban J connectivity index is 1.68. The molecule has 0 spiro atoms. The van der Waals surface area contributed by atoms with Gasteiger partial charge in [-0.2, -0.15) is 5.10 Å². The number of carbonyl (C=O) groups is 1. The van der Waals surface area contributed by atoms with E-state index in [0.29, 0.717) is 24.0 Å². The zero-order valence-corrected chi connectivity index (χ0v) is 14.6. The summed E-state index contributed by atoms with van der Waals surface area (Å²) >= 11 is 0. The van der Waals surface area contributed by atoms with E-state index in [-0.39, 0.29) is 5.41 Å². The number of carbonyl (C=O) groups excluding carboxylic acids is 1. The molecule has 5 nitrogen and oxygen atoms in total. The first-order chi connectivity index (χ1) is 12.5. The van der Waals surface area contributed by atoms with E-state index >= 15 is 0 Å². The van der Waals surface area contributed by atoms with Crippen molar-refractivity contribution in [3.8, 4) is 5.69 Å². The molecule has 2 atom stereocenters. The molecule has 0 radical (unpaired) electrons. The molecule has 0 aliphatic carbocycles. The van der Waals surface area contributed by atoms with Crippen LogP contribution in [0.15, 0.2) is 48.7 Å². The summed E-state index contributed by atoms with van der Waals surface area (Å²) in [7, 11) is 0. The van der Waals surface area contributed by atoms with Crippen LogP contribution in [0.25, 0.3) is 16.6 Å². The third-order valence-corrected chi connectivity index (χ3v) is 5.18. The smallest absolute Gasteiger partial charge is 0.250 e. The number of nitrogens with one attached hydrogen (secondary N) is 1. The Kier molecular flexibility index (Phi) is 4.00. The Morgan fingerprint density at radius 1 is 1.31 bits per heavy atom. The Labute approximate surface area is 151 Å². The minimum Gasteiger partial charge on any atom is -0.366 e. The van der Waals surface area contributed by atoms with E-state index < -0.39 is 12.1 Å². The molecule has 0 bridgehead atoms. The summed E-state index contributed by atoms with van der Waals surface area (Å²) < 4.78 is 15.6. The summed E-state index contributed by atoms with van der Waals surface area (Å²) in [5.41, 5.74) is 8.20. The van der Waals surface area contributed by atoms with Gasteiger partial charge < -0.3 is 11.1 Å². The summed E-state index contributed by atoms with van der Waals surface area (Å²) in [6.07, 6.45) is 1.57. The first-order valence-corrected chi connectivity index (χ1v) is 8.70. The zero-order chi connectivity index (χ0) is 18.3. The van der Waals surface area contributed by atoms with Gasteiger partial charge in [0.1, 0.15) is 11.7 Å². The van der Waals surface area contributed by atoms with Crippen LogP contribution in [0.3, 0.4) is 0 Å². The van der Waals surface area contributed by atoms with Gasteiger partial charge in [0.25, 0.3) is 5.91 Å². The standard InChI is InChI=1S/C20H21FN4O/c1-20(9-15(21)10-23-12-20)14-5-7-16(8-6-14)25-11-13-3-2-4-17(19(22)26)18(13)24-25/h2-8,11,15,23H,9-10,12H2,1H3,(H2,22,26). The quantitative estimate of drug-likeness (QED) is 0.761. The number of alkyl halides is 1. The predicted octanol–water partition coefficient (Wildman–Crippen LogP) is 2.71. The van der Waals surface area contributed by atoms with Gasteiger partial charge in [-0.05, 0) is 30.2 Å². The molecule has 3 aromatic rings. The summed E-state index contributed by atoms with van der Waals surface area (Å²) in [6, 6.07) is 13.4. The molecule has 6 heteroatoms. The highest BCUT2D eigenvalue weighted by Crippen LogP contribution is 2.32. The molecule has 4 rings (SSSR count). The predicted molar refractivity (Wildman–Crippen MR) is 99.3 cm³/mol. The van der Waals surface area contributed by atoms with Crippen molar-refractivity contribution in [3.63, 3.8) is 0 Å². The maximum Gasteiger partial charge on any atom is 0.250 e. The Bertz CT molecular complexity index is 966. The number of hydrogen-bond acceptors (Lipinski definition) is 3. The highest BCUT2D eigenvalue weighted by Gasteiger charge is 2.33. The third kappa shape index (κ3) is 2.86.